The van der Waals surface area contributed by atoms with Gasteiger partial charge in [0.15, 0.2) is 0 Å². The first kappa shape index (κ1) is 7.47. The fourth-order valence-corrected chi connectivity index (χ4v) is 1.25. The van der Waals surface area contributed by atoms with Gasteiger partial charge in [-0.05, 0) is 13.8 Å². The van der Waals surface area contributed by atoms with Gasteiger partial charge in [-0.3, -0.25) is 4.79 Å². The fraction of sp³-hybridized carbons (Fsp3) is 0.500. The van der Waals surface area contributed by atoms with Crippen molar-refractivity contribution in [1.29, 1.82) is 0 Å². The number of rotatable bonds is 1. The minimum Gasteiger partial charge on any atom is -0.319 e. The lowest BCUT2D eigenvalue weighted by Gasteiger charge is -2.08. The standard InChI is InChI=1S/C6H8FNOS/c1-6(2,7)4-3-8-5(9)10-4/h3H,1-2H3,(H,8,9). The van der Waals surface area contributed by atoms with E-state index in [-0.39, 0.29) is 4.87 Å². The van der Waals surface area contributed by atoms with Crippen molar-refractivity contribution in [3.05, 3.63) is 20.7 Å². The van der Waals surface area contributed by atoms with Crippen LogP contribution in [0.4, 0.5) is 4.39 Å². The first-order chi connectivity index (χ1) is 4.50. The van der Waals surface area contributed by atoms with E-state index in [0.29, 0.717) is 4.88 Å². The highest BCUT2D eigenvalue weighted by molar-refractivity contribution is 7.09. The molecule has 4 heteroatoms. The molecule has 1 heterocycles. The third-order valence-electron chi connectivity index (χ3n) is 1.11. The molecular weight excluding hydrogens is 153 g/mol. The van der Waals surface area contributed by atoms with Crippen molar-refractivity contribution in [2.75, 3.05) is 0 Å². The van der Waals surface area contributed by atoms with Gasteiger partial charge in [-0.2, -0.15) is 0 Å². The molecule has 1 N–H and O–H groups in total. The van der Waals surface area contributed by atoms with E-state index in [1.807, 2.05) is 0 Å². The quantitative estimate of drug-likeness (QED) is 0.667. The average Bonchev–Trinajstić information content (AvgIpc) is 2.11. The van der Waals surface area contributed by atoms with Gasteiger partial charge in [-0.1, -0.05) is 11.3 Å². The van der Waals surface area contributed by atoms with Crippen LogP contribution in [0.25, 0.3) is 0 Å². The second-order valence-corrected chi connectivity index (χ2v) is 3.53. The van der Waals surface area contributed by atoms with Crippen molar-refractivity contribution in [3.8, 4) is 0 Å². The zero-order chi connectivity index (χ0) is 7.78. The molecule has 1 rings (SSSR count). The molecule has 1 aromatic heterocycles. The number of thiazole rings is 1. The van der Waals surface area contributed by atoms with Gasteiger partial charge in [-0.25, -0.2) is 4.39 Å². The van der Waals surface area contributed by atoms with Crippen molar-refractivity contribution >= 4 is 11.3 Å². The predicted molar refractivity (Wildman–Crippen MR) is 39.1 cm³/mol. The summed E-state index contributed by atoms with van der Waals surface area (Å²) in [5, 5.41) is 0. The molecule has 0 aromatic carbocycles. The minimum atomic E-state index is -1.40. The van der Waals surface area contributed by atoms with Crippen molar-refractivity contribution in [1.82, 2.24) is 4.98 Å². The van der Waals surface area contributed by atoms with Crippen LogP contribution in [0, 0.1) is 0 Å². The molecule has 0 amide bonds. The highest BCUT2D eigenvalue weighted by atomic mass is 32.1. The number of alkyl halides is 1. The molecule has 0 atom stereocenters. The summed E-state index contributed by atoms with van der Waals surface area (Å²) in [6, 6.07) is 0. The van der Waals surface area contributed by atoms with Crippen LogP contribution in [0.3, 0.4) is 0 Å². The summed E-state index contributed by atoms with van der Waals surface area (Å²) in [4.78, 5) is 13.2. The maximum atomic E-state index is 13.0. The highest BCUT2D eigenvalue weighted by Crippen LogP contribution is 2.25. The second-order valence-electron chi connectivity index (χ2n) is 2.51. The smallest absolute Gasteiger partial charge is 0.304 e. The molecule has 0 radical (unpaired) electrons. The Labute approximate surface area is 61.7 Å². The van der Waals surface area contributed by atoms with E-state index in [1.54, 1.807) is 0 Å². The van der Waals surface area contributed by atoms with Gasteiger partial charge < -0.3 is 4.98 Å². The van der Waals surface area contributed by atoms with Gasteiger partial charge in [0.1, 0.15) is 5.67 Å². The van der Waals surface area contributed by atoms with E-state index in [9.17, 15) is 9.18 Å². The first-order valence-electron chi connectivity index (χ1n) is 2.88. The number of hydrogen-bond acceptors (Lipinski definition) is 2. The summed E-state index contributed by atoms with van der Waals surface area (Å²) in [6.07, 6.45) is 1.41. The van der Waals surface area contributed by atoms with E-state index in [0.717, 1.165) is 11.3 Å². The summed E-state index contributed by atoms with van der Waals surface area (Å²) in [5.41, 5.74) is -1.40. The van der Waals surface area contributed by atoms with E-state index in [4.69, 9.17) is 0 Å². The number of aromatic amines is 1. The largest absolute Gasteiger partial charge is 0.319 e. The van der Waals surface area contributed by atoms with E-state index < -0.39 is 5.67 Å². The maximum Gasteiger partial charge on any atom is 0.304 e. The van der Waals surface area contributed by atoms with Crippen LogP contribution >= 0.6 is 11.3 Å². The van der Waals surface area contributed by atoms with Crippen molar-refractivity contribution in [3.63, 3.8) is 0 Å². The third-order valence-corrected chi connectivity index (χ3v) is 2.24. The summed E-state index contributed by atoms with van der Waals surface area (Å²) in [5.74, 6) is 0. The Morgan fingerprint density at radius 2 is 2.30 bits per heavy atom. The van der Waals surface area contributed by atoms with Gasteiger partial charge in [0.2, 0.25) is 0 Å². The minimum absolute atomic E-state index is 0.208. The van der Waals surface area contributed by atoms with Gasteiger partial charge in [0.05, 0.1) is 4.88 Å². The lowest BCUT2D eigenvalue weighted by Crippen LogP contribution is -2.05. The summed E-state index contributed by atoms with van der Waals surface area (Å²) in [6.45, 7) is 2.85. The van der Waals surface area contributed by atoms with Gasteiger partial charge in [0, 0.05) is 6.20 Å². The molecule has 10 heavy (non-hydrogen) atoms. The third kappa shape index (κ3) is 1.44. The van der Waals surface area contributed by atoms with E-state index in [1.165, 1.54) is 20.0 Å². The van der Waals surface area contributed by atoms with Crippen LogP contribution in [-0.4, -0.2) is 4.98 Å². The van der Waals surface area contributed by atoms with Crippen LogP contribution in [0.2, 0.25) is 0 Å². The number of aromatic nitrogens is 1. The van der Waals surface area contributed by atoms with Gasteiger partial charge in [0.25, 0.3) is 0 Å². The molecule has 0 aliphatic carbocycles. The molecule has 2 nitrogen and oxygen atoms in total. The lowest BCUT2D eigenvalue weighted by atomic mass is 10.1. The molecule has 0 saturated carbocycles. The fourth-order valence-electron chi connectivity index (χ4n) is 0.576. The molecule has 0 aliphatic heterocycles. The molecular formula is C6H8FNOS. The number of halogens is 1. The summed E-state index contributed by atoms with van der Waals surface area (Å²) < 4.78 is 13.0. The van der Waals surface area contributed by atoms with E-state index in [2.05, 4.69) is 4.98 Å². The molecule has 0 aliphatic rings. The molecule has 0 bridgehead atoms. The Bertz CT molecular complexity index is 270. The Kier molecular flexibility index (Phi) is 1.64. The normalized spacial score (nSPS) is 11.9. The first-order valence-corrected chi connectivity index (χ1v) is 3.70. The summed E-state index contributed by atoms with van der Waals surface area (Å²) in [7, 11) is 0. The topological polar surface area (TPSA) is 32.9 Å². The number of hydrogen-bond donors (Lipinski definition) is 1. The lowest BCUT2D eigenvalue weighted by molar-refractivity contribution is 0.226. The van der Waals surface area contributed by atoms with Crippen LogP contribution in [0.1, 0.15) is 18.7 Å². The Hall–Kier alpha value is -0.640. The molecule has 1 aromatic rings. The predicted octanol–water partition coefficient (Wildman–Crippen LogP) is 1.64. The molecule has 0 fully saturated rings. The Morgan fingerprint density at radius 1 is 1.70 bits per heavy atom. The van der Waals surface area contributed by atoms with Crippen molar-refractivity contribution in [2.24, 2.45) is 0 Å². The number of H-pyrrole nitrogens is 1. The van der Waals surface area contributed by atoms with Gasteiger partial charge >= 0.3 is 4.87 Å². The molecule has 56 valence electrons. The molecule has 0 saturated heterocycles. The Morgan fingerprint density at radius 3 is 2.50 bits per heavy atom. The van der Waals surface area contributed by atoms with Gasteiger partial charge in [-0.15, -0.1) is 0 Å². The second kappa shape index (κ2) is 2.20. The number of nitrogens with one attached hydrogen (secondary N) is 1. The van der Waals surface area contributed by atoms with Crippen LogP contribution < -0.4 is 4.87 Å². The van der Waals surface area contributed by atoms with Crippen LogP contribution in [0.5, 0.6) is 0 Å². The van der Waals surface area contributed by atoms with Crippen LogP contribution in [0.15, 0.2) is 11.0 Å². The zero-order valence-electron chi connectivity index (χ0n) is 5.77. The van der Waals surface area contributed by atoms with Crippen LogP contribution in [-0.2, 0) is 5.67 Å². The maximum absolute atomic E-state index is 13.0. The SMILES string of the molecule is CC(C)(F)c1c[nH]c(=O)s1. The molecule has 0 spiro atoms. The van der Waals surface area contributed by atoms with Crippen molar-refractivity contribution < 1.29 is 4.39 Å². The van der Waals surface area contributed by atoms with Crippen molar-refractivity contribution in [2.45, 2.75) is 19.5 Å². The van der Waals surface area contributed by atoms with E-state index >= 15 is 0 Å². The zero-order valence-corrected chi connectivity index (χ0v) is 6.59. The highest BCUT2D eigenvalue weighted by Gasteiger charge is 2.20. The monoisotopic (exact) mass is 161 g/mol. The average molecular weight is 161 g/mol. The molecule has 0 unspecified atom stereocenters. The Balaban J connectivity index is 3.07. The summed E-state index contributed by atoms with van der Waals surface area (Å²) >= 11 is 0.909.